The van der Waals surface area contributed by atoms with Gasteiger partial charge in [0, 0.05) is 18.5 Å². The number of unbranched alkanes of at least 4 members (excludes halogenated alkanes) is 2. The van der Waals surface area contributed by atoms with Crippen LogP contribution in [0.4, 0.5) is 4.79 Å². The number of hydrogen-bond donors (Lipinski definition) is 4. The molecule has 0 amide bonds. The van der Waals surface area contributed by atoms with E-state index in [1.54, 1.807) is 29.7 Å². The van der Waals surface area contributed by atoms with E-state index in [-0.39, 0.29) is 48.4 Å². The number of esters is 1. The molecule has 5 aromatic rings. The number of nitrogens with zero attached hydrogens (tertiary/aromatic N) is 8. The molecule has 0 aliphatic rings. The topological polar surface area (TPSA) is 229 Å². The van der Waals surface area contributed by atoms with Gasteiger partial charge < -0.3 is 18.8 Å². The largest absolute Gasteiger partial charge is 0.510 e. The van der Waals surface area contributed by atoms with E-state index in [0.717, 1.165) is 34.3 Å². The summed E-state index contributed by atoms with van der Waals surface area (Å²) in [5.74, 6) is 0.430. The maximum absolute atomic E-state index is 13.6. The molecule has 0 bridgehead atoms. The molecular formula is C36H41ClN8O11. The van der Waals surface area contributed by atoms with Gasteiger partial charge in [0.25, 0.3) is 0 Å². The van der Waals surface area contributed by atoms with Crippen molar-refractivity contribution in [1.82, 2.24) is 40.5 Å². The van der Waals surface area contributed by atoms with Crippen LogP contribution in [0.3, 0.4) is 0 Å². The minimum atomic E-state index is -0.931. The van der Waals surface area contributed by atoms with E-state index in [9.17, 15) is 9.59 Å². The molecule has 19 nitrogen and oxygen atoms in total. The number of halogens is 1. The van der Waals surface area contributed by atoms with E-state index in [2.05, 4.69) is 37.0 Å². The first-order valence-corrected chi connectivity index (χ1v) is 17.9. The summed E-state index contributed by atoms with van der Waals surface area (Å²) in [7, 11) is 0. The number of benzene rings is 3. The Balaban J connectivity index is 1.28. The zero-order valence-electron chi connectivity index (χ0n) is 30.5. The maximum Gasteiger partial charge on any atom is 0.510 e. The first-order valence-electron chi connectivity index (χ1n) is 17.5. The molecule has 2 aromatic heterocycles. The second-order valence-corrected chi connectivity index (χ2v) is 12.6. The van der Waals surface area contributed by atoms with Crippen LogP contribution >= 0.6 is 11.6 Å². The average molecular weight is 797 g/mol. The average Bonchev–Trinajstić information content (AvgIpc) is 3.79. The van der Waals surface area contributed by atoms with Gasteiger partial charge in [-0.05, 0) is 65.8 Å². The molecule has 3 aromatic carbocycles. The number of imidazole rings is 1. The van der Waals surface area contributed by atoms with Gasteiger partial charge in [-0.15, -0.1) is 15.0 Å². The third-order valence-corrected chi connectivity index (χ3v) is 8.43. The first kappa shape index (κ1) is 41.8. The fourth-order valence-corrected chi connectivity index (χ4v) is 5.74. The Hall–Kier alpha value is -5.35. The van der Waals surface area contributed by atoms with Crippen molar-refractivity contribution < 1.29 is 54.3 Å². The van der Waals surface area contributed by atoms with Gasteiger partial charge in [-0.1, -0.05) is 85.6 Å². The SMILES string of the molecule is CCCCc1nc(Cl)c(C(=O)Oc2cccc(CON(O)O)c2)n1Cc1ccc(-c2ccccc2-c2nnn(C(C)OC(=O)OCCCCON(O)O)n2)cc1. The summed E-state index contributed by atoms with van der Waals surface area (Å²) >= 11 is 6.56. The fraction of sp³-hybridized carbons (Fsp3) is 0.333. The van der Waals surface area contributed by atoms with Gasteiger partial charge in [0.1, 0.15) is 11.6 Å². The van der Waals surface area contributed by atoms with E-state index >= 15 is 0 Å². The summed E-state index contributed by atoms with van der Waals surface area (Å²) in [5.41, 5.74) is 3.83. The van der Waals surface area contributed by atoms with Crippen LogP contribution in [0.1, 0.15) is 73.2 Å². The fourth-order valence-electron chi connectivity index (χ4n) is 5.46. The molecule has 0 saturated heterocycles. The van der Waals surface area contributed by atoms with Crippen LogP contribution in [0, 0.1) is 0 Å². The number of aryl methyl sites for hydroxylation is 1. The number of tetrazole rings is 1. The predicted octanol–water partition coefficient (Wildman–Crippen LogP) is 6.44. The number of hydrogen-bond acceptors (Lipinski definition) is 17. The van der Waals surface area contributed by atoms with Crippen molar-refractivity contribution in [3.05, 3.63) is 101 Å². The Morgan fingerprint density at radius 2 is 1.61 bits per heavy atom. The molecule has 5 rings (SSSR count). The first-order chi connectivity index (χ1) is 27.0. The summed E-state index contributed by atoms with van der Waals surface area (Å²) in [5, 5.41) is 46.7. The molecular weight excluding hydrogens is 756 g/mol. The minimum absolute atomic E-state index is 0.0150. The highest BCUT2D eigenvalue weighted by atomic mass is 35.5. The molecule has 0 aliphatic heterocycles. The van der Waals surface area contributed by atoms with E-state index < -0.39 is 23.7 Å². The normalized spacial score (nSPS) is 11.9. The molecule has 1 unspecified atom stereocenters. The lowest BCUT2D eigenvalue weighted by Crippen LogP contribution is -2.19. The highest BCUT2D eigenvalue weighted by Gasteiger charge is 2.25. The summed E-state index contributed by atoms with van der Waals surface area (Å²) < 4.78 is 17.7. The lowest BCUT2D eigenvalue weighted by Gasteiger charge is -2.13. The third-order valence-electron chi connectivity index (χ3n) is 8.17. The Morgan fingerprint density at radius 3 is 2.34 bits per heavy atom. The lowest BCUT2D eigenvalue weighted by atomic mass is 9.98. The Kier molecular flexibility index (Phi) is 15.3. The Labute approximate surface area is 325 Å². The van der Waals surface area contributed by atoms with E-state index in [4.69, 9.17) is 46.6 Å². The molecule has 4 N–H and O–H groups in total. The summed E-state index contributed by atoms with van der Waals surface area (Å²) in [4.78, 5) is 40.5. The number of rotatable bonds is 20. The molecule has 0 spiro atoms. The van der Waals surface area contributed by atoms with Crippen molar-refractivity contribution in [2.24, 2.45) is 0 Å². The van der Waals surface area contributed by atoms with E-state index in [1.165, 1.54) is 6.07 Å². The predicted molar refractivity (Wildman–Crippen MR) is 193 cm³/mol. The van der Waals surface area contributed by atoms with Gasteiger partial charge in [-0.25, -0.2) is 19.4 Å². The molecule has 0 aliphatic carbocycles. The molecule has 1 atom stereocenters. The standard InChI is InChI=1S/C36H41ClN8O11/c1-3-4-14-31-38-33(37)32(35(46)56-28-11-9-10-26(21-28)23-54-45(50)51)42(31)22-25-15-17-27(18-16-25)29-12-5-6-13-30(29)34-39-41-43(40-34)24(2)55-36(47)52-19-7-8-20-53-44(48)49/h5-6,9-13,15-18,21,24,48-51H,3-4,7-8,14,19-20,22-23H2,1-2H3. The van der Waals surface area contributed by atoms with Crippen LogP contribution in [-0.2, 0) is 38.7 Å². The monoisotopic (exact) mass is 796 g/mol. The summed E-state index contributed by atoms with van der Waals surface area (Å²) in [6.07, 6.45) is 1.27. The van der Waals surface area contributed by atoms with Gasteiger partial charge in [0.15, 0.2) is 10.8 Å². The molecule has 0 radical (unpaired) electrons. The highest BCUT2D eigenvalue weighted by molar-refractivity contribution is 6.32. The highest BCUT2D eigenvalue weighted by Crippen LogP contribution is 2.31. The smallest absolute Gasteiger partial charge is 0.434 e. The maximum atomic E-state index is 13.6. The molecule has 0 saturated carbocycles. The van der Waals surface area contributed by atoms with Crippen LogP contribution in [0.5, 0.6) is 5.75 Å². The molecule has 2 heterocycles. The van der Waals surface area contributed by atoms with Crippen molar-refractivity contribution >= 4 is 23.7 Å². The Bertz CT molecular complexity index is 2040. The molecule has 298 valence electrons. The van der Waals surface area contributed by atoms with E-state index in [0.29, 0.717) is 42.0 Å². The summed E-state index contributed by atoms with van der Waals surface area (Å²) in [6.45, 7) is 3.77. The third kappa shape index (κ3) is 11.8. The second-order valence-electron chi connectivity index (χ2n) is 12.2. The number of aromatic nitrogens is 6. The van der Waals surface area contributed by atoms with Crippen LogP contribution in [-0.4, -0.2) is 86.7 Å². The van der Waals surface area contributed by atoms with Crippen molar-refractivity contribution in [2.75, 3.05) is 13.2 Å². The van der Waals surface area contributed by atoms with Gasteiger partial charge in [0.05, 0.1) is 30.6 Å². The second kappa shape index (κ2) is 20.5. The van der Waals surface area contributed by atoms with Crippen molar-refractivity contribution in [2.45, 2.75) is 65.3 Å². The van der Waals surface area contributed by atoms with Gasteiger partial charge in [-0.2, -0.15) is 0 Å². The van der Waals surface area contributed by atoms with Crippen molar-refractivity contribution in [1.29, 1.82) is 0 Å². The van der Waals surface area contributed by atoms with Gasteiger partial charge in [0.2, 0.25) is 12.1 Å². The van der Waals surface area contributed by atoms with Crippen molar-refractivity contribution in [3.8, 4) is 28.3 Å². The van der Waals surface area contributed by atoms with Gasteiger partial charge >= 0.3 is 12.1 Å². The lowest BCUT2D eigenvalue weighted by molar-refractivity contribution is -0.497. The quantitative estimate of drug-likeness (QED) is 0.0287. The van der Waals surface area contributed by atoms with Crippen LogP contribution < -0.4 is 4.74 Å². The molecule has 56 heavy (non-hydrogen) atoms. The van der Waals surface area contributed by atoms with Crippen LogP contribution in [0.25, 0.3) is 22.5 Å². The van der Waals surface area contributed by atoms with E-state index in [1.807, 2.05) is 48.5 Å². The number of ether oxygens (including phenoxy) is 3. The van der Waals surface area contributed by atoms with Gasteiger partial charge in [-0.3, -0.25) is 25.7 Å². The number of carbonyl (C=O) groups excluding carboxylic acids is 2. The van der Waals surface area contributed by atoms with Crippen LogP contribution in [0.2, 0.25) is 5.15 Å². The zero-order chi connectivity index (χ0) is 40.0. The zero-order valence-corrected chi connectivity index (χ0v) is 31.2. The molecule has 20 heteroatoms. The number of carbonyl (C=O) groups is 2. The minimum Gasteiger partial charge on any atom is -0.434 e. The Morgan fingerprint density at radius 1 is 0.875 bits per heavy atom. The van der Waals surface area contributed by atoms with Crippen LogP contribution in [0.15, 0.2) is 72.8 Å². The van der Waals surface area contributed by atoms with Crippen molar-refractivity contribution in [3.63, 3.8) is 0 Å². The summed E-state index contributed by atoms with van der Waals surface area (Å²) in [6, 6.07) is 21.6. The molecule has 0 fully saturated rings.